The molecule has 3 heterocycles. The van der Waals surface area contributed by atoms with Crippen molar-refractivity contribution in [2.45, 2.75) is 25.4 Å². The quantitative estimate of drug-likeness (QED) is 0.901. The highest BCUT2D eigenvalue weighted by molar-refractivity contribution is 5.79. The molecule has 2 aromatic rings. The summed E-state index contributed by atoms with van der Waals surface area (Å²) in [5.41, 5.74) is 0.925. The number of hydrogen-bond acceptors (Lipinski definition) is 5. The zero-order valence-corrected chi connectivity index (χ0v) is 14.8. The van der Waals surface area contributed by atoms with E-state index in [1.54, 1.807) is 6.20 Å². The lowest BCUT2D eigenvalue weighted by molar-refractivity contribution is -0.132. The van der Waals surface area contributed by atoms with Crippen LogP contribution in [0.2, 0.25) is 0 Å². The number of nitrogens with zero attached hydrogens (tertiary/aromatic N) is 3. The van der Waals surface area contributed by atoms with Gasteiger partial charge in [0.25, 0.3) is 0 Å². The number of hydrogen-bond donors (Lipinski definition) is 1. The van der Waals surface area contributed by atoms with Gasteiger partial charge in [0, 0.05) is 32.5 Å². The number of carbonyl (C=O) groups excluding carboxylic acids is 1. The van der Waals surface area contributed by atoms with Gasteiger partial charge in [0.15, 0.2) is 11.5 Å². The molecule has 7 nitrogen and oxygen atoms in total. The molecule has 2 aliphatic rings. The van der Waals surface area contributed by atoms with E-state index in [1.165, 1.54) is 0 Å². The molecule has 1 atom stereocenters. The lowest BCUT2D eigenvalue weighted by Crippen LogP contribution is -2.40. The third kappa shape index (κ3) is 3.26. The average molecular weight is 357 g/mol. The minimum atomic E-state index is -0.582. The zero-order chi connectivity index (χ0) is 18.1. The molecule has 138 valence electrons. The van der Waals surface area contributed by atoms with E-state index in [0.29, 0.717) is 31.1 Å². The van der Waals surface area contributed by atoms with Gasteiger partial charge in [-0.05, 0) is 36.5 Å². The van der Waals surface area contributed by atoms with Crippen LogP contribution in [0.25, 0.3) is 0 Å². The Morgan fingerprint density at radius 3 is 2.81 bits per heavy atom. The summed E-state index contributed by atoms with van der Waals surface area (Å²) in [5, 5.41) is 10.6. The number of aliphatic hydroxyl groups is 1. The third-order valence-electron chi connectivity index (χ3n) is 5.25. The van der Waals surface area contributed by atoms with Crippen LogP contribution in [-0.4, -0.2) is 45.3 Å². The Hall–Kier alpha value is -2.54. The van der Waals surface area contributed by atoms with Gasteiger partial charge in [0.05, 0.1) is 6.42 Å². The summed E-state index contributed by atoms with van der Waals surface area (Å²) in [4.78, 5) is 18.7. The molecule has 26 heavy (non-hydrogen) atoms. The van der Waals surface area contributed by atoms with Gasteiger partial charge < -0.3 is 24.0 Å². The Labute approximate surface area is 152 Å². The van der Waals surface area contributed by atoms with E-state index in [0.717, 1.165) is 24.2 Å². The van der Waals surface area contributed by atoms with Crippen molar-refractivity contribution in [1.82, 2.24) is 14.5 Å². The first kappa shape index (κ1) is 16.9. The zero-order valence-electron chi connectivity index (χ0n) is 14.8. The normalized spacial score (nSPS) is 18.2. The summed E-state index contributed by atoms with van der Waals surface area (Å²) in [6.07, 6.45) is 4.86. The number of benzene rings is 1. The maximum absolute atomic E-state index is 12.6. The maximum Gasteiger partial charge on any atom is 0.231 e. The number of ether oxygens (including phenoxy) is 2. The summed E-state index contributed by atoms with van der Waals surface area (Å²) in [6.45, 7) is 1.56. The van der Waals surface area contributed by atoms with Crippen LogP contribution in [0.1, 0.15) is 30.3 Å². The first-order chi connectivity index (χ1) is 12.6. The fraction of sp³-hybridized carbons (Fsp3) is 0.474. The predicted octanol–water partition coefficient (Wildman–Crippen LogP) is 1.66. The molecule has 0 spiro atoms. The molecule has 2 aliphatic heterocycles. The number of carbonyl (C=O) groups is 1. The fourth-order valence-corrected chi connectivity index (χ4v) is 3.67. The van der Waals surface area contributed by atoms with Gasteiger partial charge in [-0.15, -0.1) is 0 Å². The van der Waals surface area contributed by atoms with Gasteiger partial charge in [-0.25, -0.2) is 4.98 Å². The van der Waals surface area contributed by atoms with E-state index in [2.05, 4.69) is 4.98 Å². The van der Waals surface area contributed by atoms with Crippen LogP contribution in [0.3, 0.4) is 0 Å². The van der Waals surface area contributed by atoms with Crippen molar-refractivity contribution in [2.24, 2.45) is 13.0 Å². The topological polar surface area (TPSA) is 76.8 Å². The molecule has 4 rings (SSSR count). The van der Waals surface area contributed by atoms with Crippen LogP contribution in [-0.2, 0) is 18.3 Å². The number of fused-ring (bicyclic) bond motifs is 1. The van der Waals surface area contributed by atoms with Crippen LogP contribution in [0, 0.1) is 5.92 Å². The third-order valence-corrected chi connectivity index (χ3v) is 5.25. The standard InChI is InChI=1S/C19H23N3O4/c1-21-9-6-20-19(21)18(24)14-4-7-22(8-5-14)17(23)11-13-2-3-15-16(10-13)26-12-25-15/h2-3,6,9-10,14,18,24H,4-5,7-8,11-12H2,1H3/t18-/m1/s1. The molecule has 0 aliphatic carbocycles. The SMILES string of the molecule is Cn1ccnc1[C@H](O)C1CCN(C(=O)Cc2ccc3c(c2)OCO3)CC1. The molecule has 0 unspecified atom stereocenters. The number of aryl methyl sites for hydroxylation is 1. The minimum Gasteiger partial charge on any atom is -0.454 e. The summed E-state index contributed by atoms with van der Waals surface area (Å²) in [5.74, 6) is 2.35. The Morgan fingerprint density at radius 2 is 2.08 bits per heavy atom. The van der Waals surface area contributed by atoms with Crippen LogP contribution in [0.5, 0.6) is 11.5 Å². The van der Waals surface area contributed by atoms with Crippen molar-refractivity contribution < 1.29 is 19.4 Å². The van der Waals surface area contributed by atoms with Gasteiger partial charge in [-0.1, -0.05) is 6.07 Å². The monoisotopic (exact) mass is 357 g/mol. The Bertz CT molecular complexity index is 796. The molecule has 0 radical (unpaired) electrons. The van der Waals surface area contributed by atoms with Crippen molar-refractivity contribution in [1.29, 1.82) is 0 Å². The molecule has 1 saturated heterocycles. The number of rotatable bonds is 4. The highest BCUT2D eigenvalue weighted by Gasteiger charge is 2.30. The first-order valence-electron chi connectivity index (χ1n) is 8.93. The molecule has 1 aromatic heterocycles. The molecule has 1 amide bonds. The largest absolute Gasteiger partial charge is 0.454 e. The summed E-state index contributed by atoms with van der Waals surface area (Å²) in [6, 6.07) is 5.63. The molecule has 1 fully saturated rings. The highest BCUT2D eigenvalue weighted by Crippen LogP contribution is 2.33. The van der Waals surface area contributed by atoms with Crippen LogP contribution >= 0.6 is 0 Å². The number of likely N-dealkylation sites (tertiary alicyclic amines) is 1. The number of imidazole rings is 1. The Kier molecular flexibility index (Phi) is 4.55. The van der Waals surface area contributed by atoms with Crippen LogP contribution in [0.4, 0.5) is 0 Å². The van der Waals surface area contributed by atoms with Crippen molar-refractivity contribution in [3.8, 4) is 11.5 Å². The first-order valence-corrected chi connectivity index (χ1v) is 8.93. The van der Waals surface area contributed by atoms with Crippen molar-refractivity contribution in [3.05, 3.63) is 42.0 Å². The maximum atomic E-state index is 12.6. The molecule has 0 saturated carbocycles. The van der Waals surface area contributed by atoms with Crippen molar-refractivity contribution >= 4 is 5.91 Å². The number of aliphatic hydroxyl groups excluding tert-OH is 1. The van der Waals surface area contributed by atoms with Gasteiger partial charge in [0.1, 0.15) is 11.9 Å². The number of piperidine rings is 1. The van der Waals surface area contributed by atoms with Crippen molar-refractivity contribution in [3.63, 3.8) is 0 Å². The smallest absolute Gasteiger partial charge is 0.231 e. The van der Waals surface area contributed by atoms with Gasteiger partial charge in [-0.3, -0.25) is 4.79 Å². The summed E-state index contributed by atoms with van der Waals surface area (Å²) < 4.78 is 12.5. The van der Waals surface area contributed by atoms with Gasteiger partial charge in [-0.2, -0.15) is 0 Å². The number of aromatic nitrogens is 2. The van der Waals surface area contributed by atoms with E-state index in [9.17, 15) is 9.90 Å². The van der Waals surface area contributed by atoms with Crippen molar-refractivity contribution in [2.75, 3.05) is 19.9 Å². The fourth-order valence-electron chi connectivity index (χ4n) is 3.67. The molecule has 1 aromatic carbocycles. The van der Waals surface area contributed by atoms with Gasteiger partial charge in [0.2, 0.25) is 12.7 Å². The molecular formula is C19H23N3O4. The van der Waals surface area contributed by atoms with E-state index >= 15 is 0 Å². The minimum absolute atomic E-state index is 0.105. The lowest BCUT2D eigenvalue weighted by Gasteiger charge is -2.34. The van der Waals surface area contributed by atoms with Crippen LogP contribution < -0.4 is 9.47 Å². The molecular weight excluding hydrogens is 334 g/mol. The second kappa shape index (κ2) is 6.99. The second-order valence-electron chi connectivity index (χ2n) is 6.92. The van der Waals surface area contributed by atoms with E-state index in [-0.39, 0.29) is 18.6 Å². The Balaban J connectivity index is 1.33. The van der Waals surface area contributed by atoms with E-state index in [1.807, 2.05) is 40.9 Å². The number of amides is 1. The summed E-state index contributed by atoms with van der Waals surface area (Å²) in [7, 11) is 1.88. The molecule has 0 bridgehead atoms. The Morgan fingerprint density at radius 1 is 1.31 bits per heavy atom. The predicted molar refractivity (Wildman–Crippen MR) is 93.7 cm³/mol. The lowest BCUT2D eigenvalue weighted by atomic mass is 9.90. The van der Waals surface area contributed by atoms with E-state index in [4.69, 9.17) is 9.47 Å². The molecule has 1 N–H and O–H groups in total. The summed E-state index contributed by atoms with van der Waals surface area (Å²) >= 11 is 0. The van der Waals surface area contributed by atoms with Crippen LogP contribution in [0.15, 0.2) is 30.6 Å². The molecule has 7 heteroatoms. The van der Waals surface area contributed by atoms with E-state index < -0.39 is 6.10 Å². The van der Waals surface area contributed by atoms with Gasteiger partial charge >= 0.3 is 0 Å². The average Bonchev–Trinajstić information content (AvgIpc) is 3.29. The second-order valence-corrected chi connectivity index (χ2v) is 6.92. The highest BCUT2D eigenvalue weighted by atomic mass is 16.7.